The van der Waals surface area contributed by atoms with Gasteiger partial charge in [-0.25, -0.2) is 4.39 Å². The highest BCUT2D eigenvalue weighted by Gasteiger charge is 2.18. The van der Waals surface area contributed by atoms with Crippen molar-refractivity contribution in [1.29, 1.82) is 0 Å². The van der Waals surface area contributed by atoms with Gasteiger partial charge in [0.15, 0.2) is 0 Å². The lowest BCUT2D eigenvalue weighted by Crippen LogP contribution is -2.33. The van der Waals surface area contributed by atoms with Gasteiger partial charge >= 0.3 is 0 Å². The van der Waals surface area contributed by atoms with Gasteiger partial charge in [0.05, 0.1) is 38.9 Å². The van der Waals surface area contributed by atoms with Crippen molar-refractivity contribution in [3.05, 3.63) is 48.3 Å². The SMILES string of the molecule is Bc1cc(F)c(P)c(OC(=C)c2ccc(OCCC(C)(C)OCNCOCCOCC)cc2)c1B. The van der Waals surface area contributed by atoms with E-state index in [1.807, 2.05) is 60.7 Å². The Labute approximate surface area is 212 Å². The molecule has 2 aromatic rings. The second-order valence-electron chi connectivity index (χ2n) is 8.74. The lowest BCUT2D eigenvalue weighted by atomic mass is 9.80. The summed E-state index contributed by atoms with van der Waals surface area (Å²) in [5, 5.41) is 3.48. The quantitative estimate of drug-likeness (QED) is 0.122. The third-order valence-electron chi connectivity index (χ3n) is 5.50. The first-order chi connectivity index (χ1) is 16.6. The van der Waals surface area contributed by atoms with E-state index in [2.05, 4.69) is 21.1 Å². The van der Waals surface area contributed by atoms with Gasteiger partial charge in [-0.3, -0.25) is 5.32 Å². The fraction of sp³-hybridized carbons (Fsp3) is 0.440. The minimum absolute atomic E-state index is 0.321. The van der Waals surface area contributed by atoms with Crippen LogP contribution in [-0.2, 0) is 14.2 Å². The number of hydrogen-bond donors (Lipinski definition) is 1. The van der Waals surface area contributed by atoms with E-state index in [9.17, 15) is 4.39 Å². The molecule has 0 aliphatic heterocycles. The molecule has 1 N–H and O–H groups in total. The monoisotopic (exact) mass is 503 g/mol. The minimum atomic E-state index is -0.350. The Morgan fingerprint density at radius 2 is 1.77 bits per heavy atom. The van der Waals surface area contributed by atoms with Crippen LogP contribution in [0.3, 0.4) is 0 Å². The van der Waals surface area contributed by atoms with Crippen LogP contribution in [0.15, 0.2) is 36.9 Å². The molecule has 0 aliphatic carbocycles. The first-order valence-corrected chi connectivity index (χ1v) is 12.4. The van der Waals surface area contributed by atoms with Crippen molar-refractivity contribution in [1.82, 2.24) is 5.32 Å². The minimum Gasteiger partial charge on any atom is -0.493 e. The van der Waals surface area contributed by atoms with E-state index in [1.54, 1.807) is 0 Å². The Kier molecular flexibility index (Phi) is 12.3. The Balaban J connectivity index is 1.75. The smallest absolute Gasteiger partial charge is 0.143 e. The van der Waals surface area contributed by atoms with E-state index in [1.165, 1.54) is 6.07 Å². The van der Waals surface area contributed by atoms with E-state index in [0.29, 0.717) is 63.1 Å². The first kappa shape index (κ1) is 29.3. The largest absolute Gasteiger partial charge is 0.493 e. The predicted octanol–water partition coefficient (Wildman–Crippen LogP) is 1.01. The maximum atomic E-state index is 14.1. The fourth-order valence-corrected chi connectivity index (χ4v) is 3.46. The molecule has 0 amide bonds. The molecular formula is C25H37B2FNO5P. The molecule has 0 aliphatic rings. The molecule has 10 heteroatoms. The van der Waals surface area contributed by atoms with Crippen molar-refractivity contribution in [2.75, 3.05) is 39.9 Å². The molecule has 0 radical (unpaired) electrons. The van der Waals surface area contributed by atoms with Gasteiger partial charge in [-0.2, -0.15) is 0 Å². The van der Waals surface area contributed by atoms with Crippen LogP contribution in [0.2, 0.25) is 0 Å². The summed E-state index contributed by atoms with van der Waals surface area (Å²) < 4.78 is 42.4. The lowest BCUT2D eigenvalue weighted by molar-refractivity contribution is -0.0524. The van der Waals surface area contributed by atoms with Crippen LogP contribution in [0.4, 0.5) is 4.39 Å². The third-order valence-corrected chi connectivity index (χ3v) is 6.03. The van der Waals surface area contributed by atoms with Crippen molar-refractivity contribution < 1.29 is 28.1 Å². The van der Waals surface area contributed by atoms with Crippen molar-refractivity contribution in [3.8, 4) is 11.5 Å². The van der Waals surface area contributed by atoms with Crippen LogP contribution in [0.5, 0.6) is 11.5 Å². The van der Waals surface area contributed by atoms with Gasteiger partial charge in [-0.15, -0.1) is 0 Å². The second-order valence-corrected chi connectivity index (χ2v) is 9.32. The number of benzene rings is 2. The van der Waals surface area contributed by atoms with E-state index in [0.717, 1.165) is 22.2 Å². The Bertz CT molecular complexity index is 934. The first-order valence-electron chi connectivity index (χ1n) is 11.8. The maximum Gasteiger partial charge on any atom is 0.143 e. The molecule has 0 saturated carbocycles. The third kappa shape index (κ3) is 9.94. The summed E-state index contributed by atoms with van der Waals surface area (Å²) in [4.78, 5) is 0. The predicted molar refractivity (Wildman–Crippen MR) is 149 cm³/mol. The van der Waals surface area contributed by atoms with Crippen LogP contribution in [0.25, 0.3) is 5.76 Å². The molecule has 2 aromatic carbocycles. The van der Waals surface area contributed by atoms with Crippen LogP contribution in [-0.4, -0.2) is 61.2 Å². The van der Waals surface area contributed by atoms with Crippen molar-refractivity contribution in [2.45, 2.75) is 32.8 Å². The molecule has 0 saturated heterocycles. The second kappa shape index (κ2) is 14.6. The highest BCUT2D eigenvalue weighted by atomic mass is 31.0. The Morgan fingerprint density at radius 3 is 2.46 bits per heavy atom. The fourth-order valence-electron chi connectivity index (χ4n) is 3.10. The van der Waals surface area contributed by atoms with Gasteiger partial charge in [0.2, 0.25) is 0 Å². The van der Waals surface area contributed by atoms with Crippen LogP contribution in [0, 0.1) is 5.82 Å². The van der Waals surface area contributed by atoms with E-state index in [4.69, 9.17) is 23.7 Å². The molecule has 190 valence electrons. The van der Waals surface area contributed by atoms with Crippen molar-refractivity contribution in [2.24, 2.45) is 0 Å². The zero-order chi connectivity index (χ0) is 25.8. The summed E-state index contributed by atoms with van der Waals surface area (Å²) in [6, 6.07) is 8.98. The molecule has 6 nitrogen and oxygen atoms in total. The summed E-state index contributed by atoms with van der Waals surface area (Å²) in [6.45, 7) is 13.2. The Hall–Kier alpha value is -1.89. The number of ether oxygens (including phenoxy) is 5. The van der Waals surface area contributed by atoms with Crippen molar-refractivity contribution >= 4 is 46.9 Å². The Morgan fingerprint density at radius 1 is 1.09 bits per heavy atom. The van der Waals surface area contributed by atoms with Crippen LogP contribution in [0.1, 0.15) is 32.8 Å². The number of nitrogens with one attached hydrogen (secondary N) is 1. The molecule has 0 spiro atoms. The summed E-state index contributed by atoms with van der Waals surface area (Å²) in [5.41, 5.74) is 2.15. The number of hydrogen-bond acceptors (Lipinski definition) is 6. The zero-order valence-corrected chi connectivity index (χ0v) is 22.7. The van der Waals surface area contributed by atoms with Crippen molar-refractivity contribution in [3.63, 3.8) is 0 Å². The lowest BCUT2D eigenvalue weighted by Gasteiger charge is -2.25. The maximum absolute atomic E-state index is 14.1. The average molecular weight is 503 g/mol. The number of halogens is 1. The molecule has 2 rings (SSSR count). The average Bonchev–Trinajstić information content (AvgIpc) is 2.82. The molecule has 0 heterocycles. The number of rotatable bonds is 16. The molecule has 1 atom stereocenters. The van der Waals surface area contributed by atoms with Crippen LogP contribution < -0.4 is 31.0 Å². The molecule has 1 unspecified atom stereocenters. The van der Waals surface area contributed by atoms with E-state index in [-0.39, 0.29) is 11.4 Å². The molecule has 0 bridgehead atoms. The van der Waals surface area contributed by atoms with Crippen LogP contribution >= 0.6 is 9.24 Å². The van der Waals surface area contributed by atoms with Gasteiger partial charge in [-0.05, 0) is 51.1 Å². The summed E-state index contributed by atoms with van der Waals surface area (Å²) in [6.07, 6.45) is 0.715. The summed E-state index contributed by atoms with van der Waals surface area (Å²) in [5.74, 6) is 1.34. The van der Waals surface area contributed by atoms with Gasteiger partial charge in [0.1, 0.15) is 38.8 Å². The normalized spacial score (nSPS) is 11.5. The molecular weight excluding hydrogens is 466 g/mol. The highest BCUT2D eigenvalue weighted by molar-refractivity contribution is 7.27. The van der Waals surface area contributed by atoms with Gasteiger partial charge < -0.3 is 23.7 Å². The van der Waals surface area contributed by atoms with Gasteiger partial charge in [-0.1, -0.05) is 26.7 Å². The van der Waals surface area contributed by atoms with E-state index >= 15 is 0 Å². The van der Waals surface area contributed by atoms with Gasteiger partial charge in [0, 0.05) is 23.9 Å². The zero-order valence-electron chi connectivity index (χ0n) is 21.5. The van der Waals surface area contributed by atoms with Gasteiger partial charge in [0.25, 0.3) is 0 Å². The molecule has 0 aromatic heterocycles. The van der Waals surface area contributed by atoms with E-state index < -0.39 is 0 Å². The topological polar surface area (TPSA) is 58.2 Å². The summed E-state index contributed by atoms with van der Waals surface area (Å²) in [7, 11) is 6.16. The standard InChI is InChI=1S/C25H37B2FNO5P/c1-5-30-12-13-31-15-29-16-33-25(3,4)10-11-32-19-8-6-18(7-9-19)17(2)34-23-22(27)20(26)14-21(28)24(23)35/h6-9,14,29H,2,5,10-13,15-16,26-27,35H2,1,3-4H3. The summed E-state index contributed by atoms with van der Waals surface area (Å²) >= 11 is 0. The molecule has 35 heavy (non-hydrogen) atoms. The highest BCUT2D eigenvalue weighted by Crippen LogP contribution is 2.22. The molecule has 0 fully saturated rings.